The predicted octanol–water partition coefficient (Wildman–Crippen LogP) is 1.44. The Hall–Kier alpha value is -3.13. The summed E-state index contributed by atoms with van der Waals surface area (Å²) in [5, 5.41) is 8.42. The van der Waals surface area contributed by atoms with Crippen molar-refractivity contribution in [3.63, 3.8) is 0 Å². The number of hydrogen-bond donors (Lipinski definition) is 1. The lowest BCUT2D eigenvalue weighted by Crippen LogP contribution is -2.32. The predicted molar refractivity (Wildman–Crippen MR) is 124 cm³/mol. The van der Waals surface area contributed by atoms with E-state index in [0.29, 0.717) is 35.8 Å². The third-order valence-electron chi connectivity index (χ3n) is 5.29. The zero-order valence-corrected chi connectivity index (χ0v) is 19.2. The van der Waals surface area contributed by atoms with Gasteiger partial charge in [-0.3, -0.25) is 14.4 Å². The second-order valence-electron chi connectivity index (χ2n) is 8.41. The highest BCUT2D eigenvalue weighted by molar-refractivity contribution is 7.22. The van der Waals surface area contributed by atoms with Crippen molar-refractivity contribution in [2.75, 3.05) is 24.6 Å². The minimum Gasteiger partial charge on any atom is -0.480 e. The van der Waals surface area contributed by atoms with Crippen LogP contribution in [0, 0.1) is 0 Å². The van der Waals surface area contributed by atoms with Crippen LogP contribution in [-0.4, -0.2) is 71.5 Å². The lowest BCUT2D eigenvalue weighted by atomic mass is 9.89. The molecule has 4 rings (SSSR count). The minimum absolute atomic E-state index is 0.218. The van der Waals surface area contributed by atoms with E-state index in [4.69, 9.17) is 22.4 Å². The van der Waals surface area contributed by atoms with Gasteiger partial charge in [0.15, 0.2) is 6.10 Å². The summed E-state index contributed by atoms with van der Waals surface area (Å²) in [5.74, 6) is -0.788. The van der Waals surface area contributed by atoms with Gasteiger partial charge in [0.25, 0.3) is 11.8 Å². The molecule has 1 N–H and O–H groups in total. The number of aromatic nitrogens is 1. The van der Waals surface area contributed by atoms with E-state index in [2.05, 4.69) is 14.2 Å². The number of carboxylic acid groups (broad SMARTS) is 1. The highest BCUT2D eigenvalue weighted by Crippen LogP contribution is 2.30. The molecule has 1 aromatic heterocycles. The third-order valence-corrected chi connectivity index (χ3v) is 5.45. The van der Waals surface area contributed by atoms with Crippen molar-refractivity contribution in [2.45, 2.75) is 31.0 Å². The molecule has 0 aliphatic carbocycles. The summed E-state index contributed by atoms with van der Waals surface area (Å²) in [4.78, 5) is 43.5. The van der Waals surface area contributed by atoms with E-state index in [1.165, 1.54) is 11.1 Å². The molecule has 2 radical (unpaired) electrons. The lowest BCUT2D eigenvalue weighted by molar-refractivity contribution is -0.137. The zero-order chi connectivity index (χ0) is 23.8. The normalized spacial score (nSPS) is 19.4. The number of aliphatic carboxylic acids is 1. The van der Waals surface area contributed by atoms with Crippen LogP contribution < -0.4 is 14.4 Å². The van der Waals surface area contributed by atoms with Crippen molar-refractivity contribution in [3.05, 3.63) is 47.7 Å². The standard InChI is InChI=1S/C22H23BN3O6P/c1-22(23,33)12-31-18-5-4-15(9-24-18)32-17-6-7-26(21(17)30)14-3-2-13-10-25(11-19(27)28)20(29)16(13)8-14/h2-5,8-9,17H,6-7,10-12,33H2,1H3,(H,27,28)/t17-,22?/m1/s1. The molecule has 9 nitrogen and oxygen atoms in total. The molecular formula is C22H23BN3O6P. The number of carbonyl (C=O) groups excluding carboxylic acids is 2. The molecule has 11 heteroatoms. The van der Waals surface area contributed by atoms with Crippen LogP contribution in [-0.2, 0) is 16.1 Å². The molecule has 2 aromatic rings. The van der Waals surface area contributed by atoms with Gasteiger partial charge in [0.05, 0.1) is 20.7 Å². The van der Waals surface area contributed by atoms with Crippen LogP contribution in [0.2, 0.25) is 0 Å². The number of carboxylic acids is 1. The van der Waals surface area contributed by atoms with Crippen molar-refractivity contribution < 1.29 is 29.0 Å². The van der Waals surface area contributed by atoms with Gasteiger partial charge >= 0.3 is 5.97 Å². The number of anilines is 1. The van der Waals surface area contributed by atoms with Crippen LogP contribution in [0.25, 0.3) is 0 Å². The lowest BCUT2D eigenvalue weighted by Gasteiger charge is -2.19. The second-order valence-corrected chi connectivity index (χ2v) is 9.73. The molecule has 2 unspecified atom stereocenters. The second kappa shape index (κ2) is 9.02. The van der Waals surface area contributed by atoms with E-state index in [-0.39, 0.29) is 31.5 Å². The van der Waals surface area contributed by atoms with Gasteiger partial charge in [-0.1, -0.05) is 13.0 Å². The minimum atomic E-state index is -1.07. The Morgan fingerprint density at radius 3 is 2.79 bits per heavy atom. The summed E-state index contributed by atoms with van der Waals surface area (Å²) in [6.07, 6.45) is 1.30. The Balaban J connectivity index is 1.40. The zero-order valence-electron chi connectivity index (χ0n) is 18.1. The maximum atomic E-state index is 12.9. The van der Waals surface area contributed by atoms with Gasteiger partial charge in [-0.2, -0.15) is 0 Å². The van der Waals surface area contributed by atoms with Gasteiger partial charge in [0, 0.05) is 36.8 Å². The Bertz CT molecular complexity index is 1090. The number of hydrogen-bond acceptors (Lipinski definition) is 6. The fraction of sp³-hybridized carbons (Fsp3) is 0.364. The summed E-state index contributed by atoms with van der Waals surface area (Å²) >= 11 is 0. The Morgan fingerprint density at radius 2 is 2.12 bits per heavy atom. The van der Waals surface area contributed by atoms with E-state index in [9.17, 15) is 14.4 Å². The number of benzene rings is 1. The molecule has 3 heterocycles. The molecule has 1 aromatic carbocycles. The maximum Gasteiger partial charge on any atom is 0.323 e. The maximum absolute atomic E-state index is 12.9. The van der Waals surface area contributed by atoms with Gasteiger partial charge in [-0.25, -0.2) is 4.98 Å². The molecule has 3 atom stereocenters. The molecule has 1 saturated heterocycles. The van der Waals surface area contributed by atoms with Gasteiger partial charge < -0.3 is 24.4 Å². The molecule has 0 spiro atoms. The molecule has 33 heavy (non-hydrogen) atoms. The summed E-state index contributed by atoms with van der Waals surface area (Å²) in [7, 11) is 8.35. The number of pyridine rings is 1. The summed E-state index contributed by atoms with van der Waals surface area (Å²) in [5.41, 5.74) is 1.75. The van der Waals surface area contributed by atoms with E-state index in [1.54, 1.807) is 35.2 Å². The van der Waals surface area contributed by atoms with Gasteiger partial charge in [-0.15, -0.1) is 9.24 Å². The molecule has 170 valence electrons. The monoisotopic (exact) mass is 467 g/mol. The number of carbonyl (C=O) groups is 3. The SMILES string of the molecule is [B]C(C)(P)COc1ccc(O[C@@H]2CCN(c3ccc4c(c3)C(=O)N(CC(=O)O)C4)C2=O)cn1. The molecule has 0 saturated carbocycles. The largest absolute Gasteiger partial charge is 0.480 e. The first-order valence-corrected chi connectivity index (χ1v) is 11.0. The number of amides is 2. The van der Waals surface area contributed by atoms with E-state index < -0.39 is 17.1 Å². The fourth-order valence-corrected chi connectivity index (χ4v) is 3.83. The molecule has 2 amide bonds. The number of nitrogens with zero attached hydrogens (tertiary/aromatic N) is 3. The summed E-state index contributed by atoms with van der Waals surface area (Å²) in [6.45, 7) is 2.41. The van der Waals surface area contributed by atoms with Crippen molar-refractivity contribution in [2.24, 2.45) is 0 Å². The highest BCUT2D eigenvalue weighted by atomic mass is 31.0. The third kappa shape index (κ3) is 5.28. The molecule has 0 bridgehead atoms. The first-order chi connectivity index (χ1) is 15.6. The molecular weight excluding hydrogens is 444 g/mol. The van der Waals surface area contributed by atoms with Gasteiger partial charge in [0.2, 0.25) is 5.88 Å². The van der Waals surface area contributed by atoms with Crippen molar-refractivity contribution >= 4 is 40.6 Å². The van der Waals surface area contributed by atoms with E-state index in [0.717, 1.165) is 5.56 Å². The van der Waals surface area contributed by atoms with Crippen LogP contribution >= 0.6 is 9.24 Å². The number of ether oxygens (including phenoxy) is 2. The average Bonchev–Trinajstić information content (AvgIpc) is 3.26. The van der Waals surface area contributed by atoms with Gasteiger partial charge in [-0.05, 0) is 28.8 Å². The highest BCUT2D eigenvalue weighted by Gasteiger charge is 2.36. The summed E-state index contributed by atoms with van der Waals surface area (Å²) in [6, 6.07) is 8.50. The number of fused-ring (bicyclic) bond motifs is 1. The van der Waals surface area contributed by atoms with Crippen molar-refractivity contribution in [1.82, 2.24) is 9.88 Å². The molecule has 2 aliphatic rings. The van der Waals surface area contributed by atoms with Crippen molar-refractivity contribution in [3.8, 4) is 11.6 Å². The molecule has 1 fully saturated rings. The molecule has 2 aliphatic heterocycles. The first kappa shape index (κ1) is 23.0. The van der Waals surface area contributed by atoms with Crippen molar-refractivity contribution in [1.29, 1.82) is 0 Å². The van der Waals surface area contributed by atoms with Crippen LogP contribution in [0.15, 0.2) is 36.5 Å². The first-order valence-electron chi connectivity index (χ1n) is 10.4. The quantitative estimate of drug-likeness (QED) is 0.463. The Kier molecular flexibility index (Phi) is 6.30. The average molecular weight is 467 g/mol. The Labute approximate surface area is 194 Å². The number of rotatable bonds is 8. The van der Waals surface area contributed by atoms with Gasteiger partial charge in [0.1, 0.15) is 12.3 Å². The van der Waals surface area contributed by atoms with Crippen LogP contribution in [0.4, 0.5) is 5.69 Å². The topological polar surface area (TPSA) is 109 Å². The van der Waals surface area contributed by atoms with E-state index in [1.807, 2.05) is 6.92 Å². The fourth-order valence-electron chi connectivity index (χ4n) is 3.74. The summed E-state index contributed by atoms with van der Waals surface area (Å²) < 4.78 is 11.3. The van der Waals surface area contributed by atoms with E-state index >= 15 is 0 Å². The van der Waals surface area contributed by atoms with Crippen LogP contribution in [0.3, 0.4) is 0 Å². The Morgan fingerprint density at radius 1 is 1.33 bits per heavy atom. The smallest absolute Gasteiger partial charge is 0.323 e. The van der Waals surface area contributed by atoms with Crippen LogP contribution in [0.5, 0.6) is 11.6 Å². The van der Waals surface area contributed by atoms with Crippen LogP contribution in [0.1, 0.15) is 29.3 Å².